The van der Waals surface area contributed by atoms with Crippen molar-refractivity contribution in [3.63, 3.8) is 0 Å². The predicted octanol–water partition coefficient (Wildman–Crippen LogP) is 4.56. The summed E-state index contributed by atoms with van der Waals surface area (Å²) in [5, 5.41) is 9.01. The van der Waals surface area contributed by atoms with Crippen LogP contribution in [-0.4, -0.2) is 11.7 Å². The highest BCUT2D eigenvalue weighted by atomic mass is 16.2. The molecule has 0 bridgehead atoms. The molecule has 20 heavy (non-hydrogen) atoms. The molecule has 0 spiro atoms. The van der Waals surface area contributed by atoms with Crippen molar-refractivity contribution in [2.24, 2.45) is 0 Å². The molecule has 1 heteroatoms. The van der Waals surface area contributed by atoms with Crippen molar-refractivity contribution < 1.29 is 5.11 Å². The van der Waals surface area contributed by atoms with Gasteiger partial charge in [-0.1, -0.05) is 61.1 Å². The molecule has 0 amide bonds. The fourth-order valence-electron chi connectivity index (χ4n) is 3.36. The summed E-state index contributed by atoms with van der Waals surface area (Å²) in [5.41, 5.74) is 5.80. The van der Waals surface area contributed by atoms with E-state index in [0.29, 0.717) is 11.8 Å². The minimum Gasteiger partial charge on any atom is -0.396 e. The first kappa shape index (κ1) is 13.4. The van der Waals surface area contributed by atoms with Gasteiger partial charge < -0.3 is 5.11 Å². The molecule has 1 N–H and O–H groups in total. The van der Waals surface area contributed by atoms with Crippen molar-refractivity contribution in [3.8, 4) is 0 Å². The summed E-state index contributed by atoms with van der Waals surface area (Å²) >= 11 is 0. The maximum absolute atomic E-state index is 9.01. The zero-order valence-corrected chi connectivity index (χ0v) is 12.0. The van der Waals surface area contributed by atoms with Gasteiger partial charge in [0, 0.05) is 12.5 Å². The Bertz CT molecular complexity index is 577. The summed E-state index contributed by atoms with van der Waals surface area (Å²) in [5.74, 6) is 0.973. The van der Waals surface area contributed by atoms with Gasteiger partial charge in [0.1, 0.15) is 0 Å². The lowest BCUT2D eigenvalue weighted by Gasteiger charge is -2.18. The van der Waals surface area contributed by atoms with Crippen molar-refractivity contribution in [1.82, 2.24) is 0 Å². The summed E-state index contributed by atoms with van der Waals surface area (Å²) < 4.78 is 0. The molecule has 3 rings (SSSR count). The van der Waals surface area contributed by atoms with Crippen LogP contribution < -0.4 is 0 Å². The van der Waals surface area contributed by atoms with Crippen LogP contribution in [0, 0.1) is 0 Å². The Morgan fingerprint density at radius 1 is 1.35 bits per heavy atom. The molecule has 1 nitrogen and oxygen atoms in total. The molecule has 0 aromatic heterocycles. The number of allylic oxidation sites excluding steroid dienone is 5. The lowest BCUT2D eigenvalue weighted by Crippen LogP contribution is -2.02. The summed E-state index contributed by atoms with van der Waals surface area (Å²) in [4.78, 5) is 0. The number of fused-ring (bicyclic) bond motifs is 1. The summed E-state index contributed by atoms with van der Waals surface area (Å²) in [6.07, 6.45) is 14.3. The number of aliphatic hydroxyl groups excluding tert-OH is 1. The van der Waals surface area contributed by atoms with E-state index in [1.54, 1.807) is 0 Å². The number of hydrogen-bond acceptors (Lipinski definition) is 1. The largest absolute Gasteiger partial charge is 0.396 e. The molecule has 0 aliphatic heterocycles. The van der Waals surface area contributed by atoms with Gasteiger partial charge >= 0.3 is 0 Å². The zero-order chi connectivity index (χ0) is 13.9. The Hall–Kier alpha value is -1.60. The second-order valence-electron chi connectivity index (χ2n) is 5.83. The maximum atomic E-state index is 9.01. The van der Waals surface area contributed by atoms with Crippen molar-refractivity contribution in [1.29, 1.82) is 0 Å². The van der Waals surface area contributed by atoms with Gasteiger partial charge in [-0.25, -0.2) is 0 Å². The van der Waals surface area contributed by atoms with Gasteiger partial charge in [0.25, 0.3) is 0 Å². The average Bonchev–Trinajstić information content (AvgIpc) is 3.12. The topological polar surface area (TPSA) is 20.2 Å². The molecule has 2 unspecified atom stereocenters. The molecule has 104 valence electrons. The van der Waals surface area contributed by atoms with Gasteiger partial charge in [0.05, 0.1) is 0 Å². The monoisotopic (exact) mass is 266 g/mol. The van der Waals surface area contributed by atoms with Crippen LogP contribution in [0.1, 0.15) is 54.7 Å². The zero-order valence-electron chi connectivity index (χ0n) is 12.0. The van der Waals surface area contributed by atoms with Crippen LogP contribution in [0.5, 0.6) is 0 Å². The maximum Gasteiger partial charge on any atom is 0.0431 e. The molecule has 2 atom stereocenters. The second kappa shape index (κ2) is 5.80. The first-order chi connectivity index (χ1) is 9.81. The van der Waals surface area contributed by atoms with Crippen LogP contribution in [0.4, 0.5) is 0 Å². The van der Waals surface area contributed by atoms with Crippen LogP contribution >= 0.6 is 0 Å². The summed E-state index contributed by atoms with van der Waals surface area (Å²) in [7, 11) is 0. The van der Waals surface area contributed by atoms with Crippen molar-refractivity contribution in [3.05, 3.63) is 64.8 Å². The van der Waals surface area contributed by atoms with Crippen LogP contribution in [0.2, 0.25) is 0 Å². The average molecular weight is 266 g/mol. The lowest BCUT2D eigenvalue weighted by molar-refractivity contribution is 0.281. The normalized spacial score (nSPS) is 21.1. The molecular weight excluding hydrogens is 244 g/mol. The van der Waals surface area contributed by atoms with Gasteiger partial charge in [-0.2, -0.15) is 0 Å². The Morgan fingerprint density at radius 2 is 2.25 bits per heavy atom. The molecule has 0 saturated carbocycles. The Kier molecular flexibility index (Phi) is 3.88. The quantitative estimate of drug-likeness (QED) is 0.828. The van der Waals surface area contributed by atoms with E-state index >= 15 is 0 Å². The minimum atomic E-state index is 0.288. The molecule has 2 aliphatic rings. The lowest BCUT2D eigenvalue weighted by atomic mass is 9.86. The summed E-state index contributed by atoms with van der Waals surface area (Å²) in [6, 6.07) is 6.70. The molecule has 0 saturated heterocycles. The molecule has 0 heterocycles. The SMILES string of the molecule is CC(CCCO)c1cccc2c1C=CC2C1=CC=CC1. The minimum absolute atomic E-state index is 0.288. The van der Waals surface area contributed by atoms with E-state index in [4.69, 9.17) is 5.11 Å². The van der Waals surface area contributed by atoms with Gasteiger partial charge in [0.15, 0.2) is 0 Å². The number of aliphatic hydroxyl groups is 1. The highest BCUT2D eigenvalue weighted by Gasteiger charge is 2.24. The fourth-order valence-corrected chi connectivity index (χ4v) is 3.36. The van der Waals surface area contributed by atoms with Gasteiger partial charge in [-0.05, 0) is 41.9 Å². The van der Waals surface area contributed by atoms with E-state index in [2.05, 4.69) is 55.5 Å². The van der Waals surface area contributed by atoms with E-state index in [-0.39, 0.29) is 6.61 Å². The first-order valence-corrected chi connectivity index (χ1v) is 7.58. The Balaban J connectivity index is 1.88. The van der Waals surface area contributed by atoms with E-state index in [0.717, 1.165) is 19.3 Å². The standard InChI is InChI=1S/C19H22O/c1-14(6-5-13-20)16-9-4-10-18-17(11-12-19(16)18)15-7-2-3-8-15/h2-4,7,9-12,14,17,20H,5-6,8,13H2,1H3. The highest BCUT2D eigenvalue weighted by molar-refractivity contribution is 5.68. The smallest absolute Gasteiger partial charge is 0.0431 e. The fraction of sp³-hybridized carbons (Fsp3) is 0.368. The van der Waals surface area contributed by atoms with Gasteiger partial charge in [-0.15, -0.1) is 0 Å². The number of hydrogen-bond donors (Lipinski definition) is 1. The van der Waals surface area contributed by atoms with Crippen LogP contribution in [-0.2, 0) is 0 Å². The summed E-state index contributed by atoms with van der Waals surface area (Å²) in [6.45, 7) is 2.55. The third kappa shape index (κ3) is 2.38. The molecule has 2 aliphatic carbocycles. The van der Waals surface area contributed by atoms with Gasteiger partial charge in [-0.3, -0.25) is 0 Å². The first-order valence-electron chi connectivity index (χ1n) is 7.58. The number of rotatable bonds is 5. The number of benzene rings is 1. The Morgan fingerprint density at radius 3 is 3.00 bits per heavy atom. The van der Waals surface area contributed by atoms with Crippen molar-refractivity contribution in [2.75, 3.05) is 6.61 Å². The molecule has 0 fully saturated rings. The molecule has 0 radical (unpaired) electrons. The highest BCUT2D eigenvalue weighted by Crippen LogP contribution is 2.41. The van der Waals surface area contributed by atoms with E-state index in [1.165, 1.54) is 22.3 Å². The predicted molar refractivity (Wildman–Crippen MR) is 84.8 cm³/mol. The third-order valence-electron chi connectivity index (χ3n) is 4.49. The van der Waals surface area contributed by atoms with Crippen molar-refractivity contribution in [2.45, 2.75) is 38.0 Å². The third-order valence-corrected chi connectivity index (χ3v) is 4.49. The molecule has 1 aromatic rings. The van der Waals surface area contributed by atoms with E-state index in [1.807, 2.05) is 0 Å². The van der Waals surface area contributed by atoms with Crippen molar-refractivity contribution >= 4 is 6.08 Å². The van der Waals surface area contributed by atoms with E-state index in [9.17, 15) is 0 Å². The van der Waals surface area contributed by atoms with Crippen LogP contribution in [0.15, 0.2) is 48.1 Å². The van der Waals surface area contributed by atoms with Crippen LogP contribution in [0.3, 0.4) is 0 Å². The second-order valence-corrected chi connectivity index (χ2v) is 5.83. The molecular formula is C19H22O. The van der Waals surface area contributed by atoms with Gasteiger partial charge in [0.2, 0.25) is 0 Å². The van der Waals surface area contributed by atoms with Crippen LogP contribution in [0.25, 0.3) is 6.08 Å². The Labute approximate surface area is 121 Å². The molecule has 1 aromatic carbocycles. The van der Waals surface area contributed by atoms with E-state index < -0.39 is 0 Å².